The van der Waals surface area contributed by atoms with Crippen LogP contribution in [-0.4, -0.2) is 35.7 Å². The first-order valence-corrected chi connectivity index (χ1v) is 8.11. The van der Waals surface area contributed by atoms with Crippen LogP contribution >= 0.6 is 35.6 Å². The Kier molecular flexibility index (Phi) is 9.70. The van der Waals surface area contributed by atoms with Gasteiger partial charge >= 0.3 is 0 Å². The number of aryl methyl sites for hydroxylation is 1. The molecule has 1 aromatic carbocycles. The molecule has 6 nitrogen and oxygen atoms in total. The Balaban J connectivity index is 0.00000288. The van der Waals surface area contributed by atoms with Crippen LogP contribution in [-0.2, 0) is 12.8 Å². The van der Waals surface area contributed by atoms with Crippen molar-refractivity contribution < 1.29 is 4.52 Å². The van der Waals surface area contributed by atoms with Crippen LogP contribution in [0.5, 0.6) is 0 Å². The molecule has 24 heavy (non-hydrogen) atoms. The first-order valence-electron chi connectivity index (χ1n) is 7.74. The fourth-order valence-electron chi connectivity index (χ4n) is 2.06. The van der Waals surface area contributed by atoms with Gasteiger partial charge in [-0.25, -0.2) is 0 Å². The van der Waals surface area contributed by atoms with E-state index >= 15 is 0 Å². The smallest absolute Gasteiger partial charge is 0.228 e. The van der Waals surface area contributed by atoms with Crippen LogP contribution in [0.25, 0.3) is 0 Å². The third-order valence-electron chi connectivity index (χ3n) is 3.15. The van der Waals surface area contributed by atoms with E-state index in [0.717, 1.165) is 36.1 Å². The second-order valence-corrected chi connectivity index (χ2v) is 5.42. The van der Waals surface area contributed by atoms with E-state index in [1.165, 1.54) is 0 Å². The molecule has 0 spiro atoms. The Bertz CT molecular complexity index is 647. The zero-order chi connectivity index (χ0) is 16.5. The monoisotopic (exact) mass is 463 g/mol. The molecule has 0 radical (unpaired) electrons. The maximum atomic E-state index is 6.16. The molecule has 8 heteroatoms. The normalized spacial score (nSPS) is 11.0. The molecule has 0 fully saturated rings. The molecule has 0 unspecified atom stereocenters. The molecule has 0 aliphatic carbocycles. The third kappa shape index (κ3) is 7.04. The van der Waals surface area contributed by atoms with Crippen LogP contribution in [0.1, 0.15) is 24.2 Å². The van der Waals surface area contributed by atoms with E-state index in [9.17, 15) is 0 Å². The molecule has 0 saturated carbocycles. The minimum absolute atomic E-state index is 0. The molecule has 0 amide bonds. The zero-order valence-corrected chi connectivity index (χ0v) is 17.0. The number of guanidine groups is 1. The minimum atomic E-state index is 0. The highest BCUT2D eigenvalue weighted by Crippen LogP contribution is 2.14. The van der Waals surface area contributed by atoms with Crippen LogP contribution in [0.15, 0.2) is 33.8 Å². The fraction of sp³-hybridized carbons (Fsp3) is 0.438. The Labute approximate surface area is 164 Å². The van der Waals surface area contributed by atoms with Crippen molar-refractivity contribution in [2.24, 2.45) is 4.99 Å². The second-order valence-electron chi connectivity index (χ2n) is 5.01. The van der Waals surface area contributed by atoms with Crippen LogP contribution in [0.3, 0.4) is 0 Å². The molecule has 0 atom stereocenters. The number of aromatic nitrogens is 2. The first-order chi connectivity index (χ1) is 11.2. The van der Waals surface area contributed by atoms with Crippen molar-refractivity contribution in [1.29, 1.82) is 0 Å². The van der Waals surface area contributed by atoms with Crippen molar-refractivity contribution >= 4 is 41.5 Å². The van der Waals surface area contributed by atoms with Crippen molar-refractivity contribution in [3.8, 4) is 0 Å². The third-order valence-corrected chi connectivity index (χ3v) is 3.52. The Morgan fingerprint density at radius 3 is 2.71 bits per heavy atom. The number of hydrogen-bond donors (Lipinski definition) is 2. The molecule has 0 aliphatic heterocycles. The fourth-order valence-corrected chi connectivity index (χ4v) is 2.29. The van der Waals surface area contributed by atoms with Gasteiger partial charge in [-0.3, -0.25) is 4.99 Å². The van der Waals surface area contributed by atoms with E-state index in [-0.39, 0.29) is 24.0 Å². The molecular weight excluding hydrogens is 441 g/mol. The second kappa shape index (κ2) is 11.2. The highest BCUT2D eigenvalue weighted by molar-refractivity contribution is 14.0. The Hall–Kier alpha value is -1.35. The quantitative estimate of drug-likeness (QED) is 0.375. The average Bonchev–Trinajstić information content (AvgIpc) is 2.94. The summed E-state index contributed by atoms with van der Waals surface area (Å²) in [5.74, 6) is 2.03. The lowest BCUT2D eigenvalue weighted by atomic mass is 10.1. The van der Waals surface area contributed by atoms with Gasteiger partial charge in [0.1, 0.15) is 0 Å². The molecule has 0 aliphatic rings. The summed E-state index contributed by atoms with van der Waals surface area (Å²) in [6.45, 7) is 5.99. The Morgan fingerprint density at radius 1 is 1.25 bits per heavy atom. The zero-order valence-electron chi connectivity index (χ0n) is 13.9. The maximum absolute atomic E-state index is 6.16. The van der Waals surface area contributed by atoms with Crippen LogP contribution in [0, 0.1) is 6.92 Å². The summed E-state index contributed by atoms with van der Waals surface area (Å²) in [5.41, 5.74) is 1.12. The van der Waals surface area contributed by atoms with Gasteiger partial charge in [-0.2, -0.15) is 4.98 Å². The van der Waals surface area contributed by atoms with E-state index in [2.05, 4.69) is 25.8 Å². The van der Waals surface area contributed by atoms with Gasteiger partial charge in [0.25, 0.3) is 0 Å². The van der Waals surface area contributed by atoms with Gasteiger partial charge in [0, 0.05) is 24.5 Å². The van der Waals surface area contributed by atoms with E-state index in [1.807, 2.05) is 31.2 Å². The van der Waals surface area contributed by atoms with Gasteiger partial charge in [-0.15, -0.1) is 24.0 Å². The molecule has 0 bridgehead atoms. The summed E-state index contributed by atoms with van der Waals surface area (Å²) < 4.78 is 5.07. The number of hydrogen-bond acceptors (Lipinski definition) is 4. The molecule has 2 aromatic rings. The van der Waals surface area contributed by atoms with Crippen molar-refractivity contribution in [2.45, 2.75) is 26.7 Å². The van der Waals surface area contributed by atoms with E-state index in [4.69, 9.17) is 16.1 Å². The van der Waals surface area contributed by atoms with E-state index in [0.29, 0.717) is 24.7 Å². The average molecular weight is 464 g/mol. The highest BCUT2D eigenvalue weighted by atomic mass is 127. The van der Waals surface area contributed by atoms with E-state index in [1.54, 1.807) is 6.92 Å². The SMILES string of the molecule is CCNC(=NCCc1nc(C)no1)NCCc1ccccc1Cl.I. The topological polar surface area (TPSA) is 75.3 Å². The maximum Gasteiger partial charge on any atom is 0.228 e. The molecule has 1 aromatic heterocycles. The lowest BCUT2D eigenvalue weighted by Crippen LogP contribution is -2.38. The first kappa shape index (κ1) is 20.7. The number of nitrogens with zero attached hydrogens (tertiary/aromatic N) is 3. The number of rotatable bonds is 7. The molecular formula is C16H23ClIN5O. The lowest BCUT2D eigenvalue weighted by Gasteiger charge is -2.11. The summed E-state index contributed by atoms with van der Waals surface area (Å²) in [5, 5.41) is 11.1. The van der Waals surface area contributed by atoms with Crippen molar-refractivity contribution in [3.05, 3.63) is 46.6 Å². The van der Waals surface area contributed by atoms with Gasteiger partial charge in [0.05, 0.1) is 6.54 Å². The van der Waals surface area contributed by atoms with Gasteiger partial charge < -0.3 is 15.2 Å². The number of halogens is 2. The van der Waals surface area contributed by atoms with Gasteiger partial charge in [-0.05, 0) is 31.9 Å². The van der Waals surface area contributed by atoms with Crippen LogP contribution < -0.4 is 10.6 Å². The van der Waals surface area contributed by atoms with Gasteiger partial charge in [0.2, 0.25) is 5.89 Å². The van der Waals surface area contributed by atoms with Gasteiger partial charge in [0.15, 0.2) is 11.8 Å². The summed E-state index contributed by atoms with van der Waals surface area (Å²) in [6.07, 6.45) is 1.47. The van der Waals surface area contributed by atoms with Gasteiger partial charge in [-0.1, -0.05) is 35.0 Å². The standard InChI is InChI=1S/C16H22ClN5O.HI/c1-3-18-16(20-11-9-15-21-12(2)22-23-15)19-10-8-13-6-4-5-7-14(13)17;/h4-7H,3,8-11H2,1-2H3,(H2,18,19,20);1H. The number of aliphatic imine (C=N–C) groups is 1. The lowest BCUT2D eigenvalue weighted by molar-refractivity contribution is 0.376. The molecule has 0 saturated heterocycles. The number of benzene rings is 1. The summed E-state index contributed by atoms with van der Waals surface area (Å²) in [4.78, 5) is 8.67. The number of nitrogens with one attached hydrogen (secondary N) is 2. The van der Waals surface area contributed by atoms with E-state index < -0.39 is 0 Å². The minimum Gasteiger partial charge on any atom is -0.357 e. The van der Waals surface area contributed by atoms with Crippen LogP contribution in [0.4, 0.5) is 0 Å². The summed E-state index contributed by atoms with van der Waals surface area (Å²) in [6, 6.07) is 7.87. The predicted molar refractivity (Wildman–Crippen MR) is 107 cm³/mol. The van der Waals surface area contributed by atoms with Crippen molar-refractivity contribution in [1.82, 2.24) is 20.8 Å². The highest BCUT2D eigenvalue weighted by Gasteiger charge is 2.03. The van der Waals surface area contributed by atoms with Crippen molar-refractivity contribution in [3.63, 3.8) is 0 Å². The van der Waals surface area contributed by atoms with Crippen molar-refractivity contribution in [2.75, 3.05) is 19.6 Å². The van der Waals surface area contributed by atoms with Crippen LogP contribution in [0.2, 0.25) is 5.02 Å². The largest absolute Gasteiger partial charge is 0.357 e. The molecule has 2 N–H and O–H groups in total. The predicted octanol–water partition coefficient (Wildman–Crippen LogP) is 2.99. The Morgan fingerprint density at radius 2 is 2.04 bits per heavy atom. The molecule has 2 rings (SSSR count). The summed E-state index contributed by atoms with van der Waals surface area (Å²) in [7, 11) is 0. The molecule has 132 valence electrons. The molecule has 1 heterocycles. The summed E-state index contributed by atoms with van der Waals surface area (Å²) >= 11 is 6.16.